The van der Waals surface area contributed by atoms with Crippen LogP contribution >= 0.6 is 0 Å². The largest absolute Gasteiger partial charge is 0.379 e. The van der Waals surface area contributed by atoms with E-state index in [1.54, 1.807) is 24.3 Å². The number of hydrogen-bond donors (Lipinski definition) is 1. The van der Waals surface area contributed by atoms with Crippen LogP contribution in [-0.2, 0) is 21.3 Å². The third-order valence-corrected chi connectivity index (χ3v) is 7.14. The Bertz CT molecular complexity index is 1270. The molecule has 3 aromatic rings. The molecular weight excluding hydrogens is 432 g/mol. The predicted octanol–water partition coefficient (Wildman–Crippen LogP) is 0.837. The van der Waals surface area contributed by atoms with Gasteiger partial charge in [-0.05, 0) is 11.6 Å². The summed E-state index contributed by atoms with van der Waals surface area (Å²) in [5.74, 6) is -0.750. The Morgan fingerprint density at radius 2 is 1.66 bits per heavy atom. The minimum absolute atomic E-state index is 0.0632. The first-order valence-electron chi connectivity index (χ1n) is 10.3. The first-order valence-corrected chi connectivity index (χ1v) is 11.9. The third-order valence-electron chi connectivity index (χ3n) is 5.27. The molecule has 168 valence electrons. The number of aromatic nitrogens is 2. The molecule has 1 amide bonds. The van der Waals surface area contributed by atoms with Crippen LogP contribution < -0.4 is 10.9 Å². The van der Waals surface area contributed by atoms with Gasteiger partial charge in [0.25, 0.3) is 11.5 Å². The van der Waals surface area contributed by atoms with E-state index in [0.29, 0.717) is 37.1 Å². The molecular formula is C22H24N4O5S. The van der Waals surface area contributed by atoms with Crippen LogP contribution in [0.25, 0.3) is 10.8 Å². The molecule has 10 heteroatoms. The molecule has 0 spiro atoms. The molecule has 0 saturated carbocycles. The summed E-state index contributed by atoms with van der Waals surface area (Å²) >= 11 is 0. The fourth-order valence-corrected chi connectivity index (χ4v) is 4.92. The van der Waals surface area contributed by atoms with Gasteiger partial charge in [-0.2, -0.15) is 9.40 Å². The van der Waals surface area contributed by atoms with Crippen LogP contribution in [0, 0.1) is 0 Å². The average molecular weight is 457 g/mol. The molecule has 1 aromatic heterocycles. The Kier molecular flexibility index (Phi) is 6.63. The topological polar surface area (TPSA) is 111 Å². The summed E-state index contributed by atoms with van der Waals surface area (Å²) in [5, 5.41) is 7.76. The number of amides is 1. The quantitative estimate of drug-likeness (QED) is 0.564. The van der Waals surface area contributed by atoms with Crippen LogP contribution in [0.3, 0.4) is 0 Å². The Labute approximate surface area is 185 Å². The van der Waals surface area contributed by atoms with Crippen LogP contribution in [0.2, 0.25) is 0 Å². The van der Waals surface area contributed by atoms with Gasteiger partial charge in [0.05, 0.1) is 30.9 Å². The number of rotatable bonds is 7. The summed E-state index contributed by atoms with van der Waals surface area (Å²) in [6.45, 7) is 1.51. The van der Waals surface area contributed by atoms with Crippen molar-refractivity contribution in [1.82, 2.24) is 19.4 Å². The number of carbonyl (C=O) groups excluding carboxylic acids is 1. The highest BCUT2D eigenvalue weighted by molar-refractivity contribution is 7.89. The first-order chi connectivity index (χ1) is 15.5. The fourth-order valence-electron chi connectivity index (χ4n) is 3.60. The van der Waals surface area contributed by atoms with Gasteiger partial charge in [0.2, 0.25) is 10.0 Å². The van der Waals surface area contributed by atoms with E-state index in [0.717, 1.165) is 5.56 Å². The Hall–Kier alpha value is -3.08. The van der Waals surface area contributed by atoms with Crippen LogP contribution in [0.4, 0.5) is 0 Å². The zero-order valence-corrected chi connectivity index (χ0v) is 18.3. The van der Waals surface area contributed by atoms with Crippen molar-refractivity contribution in [3.05, 3.63) is 76.2 Å². The number of morpholine rings is 1. The van der Waals surface area contributed by atoms with Gasteiger partial charge < -0.3 is 10.1 Å². The van der Waals surface area contributed by atoms with E-state index in [1.807, 2.05) is 30.3 Å². The predicted molar refractivity (Wildman–Crippen MR) is 120 cm³/mol. The van der Waals surface area contributed by atoms with Crippen molar-refractivity contribution in [3.63, 3.8) is 0 Å². The highest BCUT2D eigenvalue weighted by atomic mass is 32.2. The van der Waals surface area contributed by atoms with Gasteiger partial charge in [-0.15, -0.1) is 0 Å². The van der Waals surface area contributed by atoms with Crippen molar-refractivity contribution in [2.24, 2.45) is 0 Å². The maximum Gasteiger partial charge on any atom is 0.274 e. The maximum atomic E-state index is 12.9. The van der Waals surface area contributed by atoms with Crippen molar-refractivity contribution >= 4 is 26.7 Å². The standard InChI is InChI=1S/C22H24N4O5S/c27-21(23-10-15-32(29,30)25-11-13-31-14-12-25)20-18-8-4-5-9-19(18)22(28)26(24-20)16-17-6-2-1-3-7-17/h1-9H,10-16H2,(H,23,27). The number of benzene rings is 2. The number of hydrogen-bond acceptors (Lipinski definition) is 6. The molecule has 0 unspecified atom stereocenters. The highest BCUT2D eigenvalue weighted by Gasteiger charge is 2.24. The molecule has 1 aliphatic heterocycles. The molecule has 1 saturated heterocycles. The number of sulfonamides is 1. The fraction of sp³-hybridized carbons (Fsp3) is 0.318. The number of nitrogens with one attached hydrogen (secondary N) is 1. The molecule has 0 radical (unpaired) electrons. The zero-order chi connectivity index (χ0) is 22.6. The van der Waals surface area contributed by atoms with Crippen LogP contribution in [0.5, 0.6) is 0 Å². The van der Waals surface area contributed by atoms with Crippen molar-refractivity contribution in [2.45, 2.75) is 6.54 Å². The smallest absolute Gasteiger partial charge is 0.274 e. The van der Waals surface area contributed by atoms with Crippen LogP contribution in [0.1, 0.15) is 16.1 Å². The van der Waals surface area contributed by atoms with Gasteiger partial charge in [0.15, 0.2) is 5.69 Å². The summed E-state index contributed by atoms with van der Waals surface area (Å²) in [6, 6.07) is 16.1. The van der Waals surface area contributed by atoms with Gasteiger partial charge in [0, 0.05) is 25.0 Å². The Morgan fingerprint density at radius 1 is 1.00 bits per heavy atom. The molecule has 32 heavy (non-hydrogen) atoms. The zero-order valence-electron chi connectivity index (χ0n) is 17.4. The van der Waals surface area contributed by atoms with Gasteiger partial charge in [-0.1, -0.05) is 48.5 Å². The molecule has 1 aliphatic rings. The van der Waals surface area contributed by atoms with Gasteiger partial charge in [-0.25, -0.2) is 13.1 Å². The van der Waals surface area contributed by atoms with Gasteiger partial charge in [-0.3, -0.25) is 9.59 Å². The van der Waals surface area contributed by atoms with E-state index in [2.05, 4.69) is 10.4 Å². The number of fused-ring (bicyclic) bond motifs is 1. The van der Waals surface area contributed by atoms with Crippen molar-refractivity contribution in [1.29, 1.82) is 0 Å². The lowest BCUT2D eigenvalue weighted by Gasteiger charge is -2.26. The second-order valence-electron chi connectivity index (χ2n) is 7.43. The normalized spacial score (nSPS) is 15.0. The molecule has 4 rings (SSSR count). The second-order valence-corrected chi connectivity index (χ2v) is 9.51. The third kappa shape index (κ3) is 4.87. The average Bonchev–Trinajstić information content (AvgIpc) is 2.82. The molecule has 1 N–H and O–H groups in total. The summed E-state index contributed by atoms with van der Waals surface area (Å²) in [7, 11) is -3.50. The van der Waals surface area contributed by atoms with Gasteiger partial charge >= 0.3 is 0 Å². The van der Waals surface area contributed by atoms with E-state index >= 15 is 0 Å². The Morgan fingerprint density at radius 3 is 2.38 bits per heavy atom. The van der Waals surface area contributed by atoms with E-state index in [-0.39, 0.29) is 30.1 Å². The minimum Gasteiger partial charge on any atom is -0.379 e. The molecule has 2 aromatic carbocycles. The molecule has 0 atom stereocenters. The molecule has 2 heterocycles. The monoisotopic (exact) mass is 456 g/mol. The molecule has 0 bridgehead atoms. The maximum absolute atomic E-state index is 12.9. The highest BCUT2D eigenvalue weighted by Crippen LogP contribution is 2.14. The minimum atomic E-state index is -3.50. The van der Waals surface area contributed by atoms with Crippen molar-refractivity contribution in [3.8, 4) is 0 Å². The number of ether oxygens (including phenoxy) is 1. The van der Waals surface area contributed by atoms with E-state index in [4.69, 9.17) is 4.74 Å². The van der Waals surface area contributed by atoms with E-state index in [9.17, 15) is 18.0 Å². The summed E-state index contributed by atoms with van der Waals surface area (Å²) in [5.41, 5.74) is 0.663. The van der Waals surface area contributed by atoms with E-state index in [1.165, 1.54) is 8.99 Å². The molecule has 9 nitrogen and oxygen atoms in total. The van der Waals surface area contributed by atoms with Crippen molar-refractivity contribution in [2.75, 3.05) is 38.6 Å². The van der Waals surface area contributed by atoms with Gasteiger partial charge in [0.1, 0.15) is 0 Å². The van der Waals surface area contributed by atoms with Crippen molar-refractivity contribution < 1.29 is 17.9 Å². The summed E-state index contributed by atoms with van der Waals surface area (Å²) < 4.78 is 32.8. The lowest BCUT2D eigenvalue weighted by atomic mass is 10.1. The lowest BCUT2D eigenvalue weighted by molar-refractivity contribution is 0.0730. The van der Waals surface area contributed by atoms with E-state index < -0.39 is 15.9 Å². The van der Waals surface area contributed by atoms with Crippen LogP contribution in [-0.4, -0.2) is 67.0 Å². The lowest BCUT2D eigenvalue weighted by Crippen LogP contribution is -2.44. The molecule has 0 aliphatic carbocycles. The number of carbonyl (C=O) groups is 1. The number of nitrogens with zero attached hydrogens (tertiary/aromatic N) is 3. The molecule has 1 fully saturated rings. The SMILES string of the molecule is O=C(NCCS(=O)(=O)N1CCOCC1)c1nn(Cc2ccccc2)c(=O)c2ccccc12. The second kappa shape index (κ2) is 9.60. The van der Waals surface area contributed by atoms with Crippen LogP contribution in [0.15, 0.2) is 59.4 Å². The first kappa shape index (κ1) is 22.1. The summed E-state index contributed by atoms with van der Waals surface area (Å²) in [4.78, 5) is 25.8. The summed E-state index contributed by atoms with van der Waals surface area (Å²) in [6.07, 6.45) is 0. The Balaban J connectivity index is 1.55.